The maximum atomic E-state index is 12.0. The van der Waals surface area contributed by atoms with Crippen molar-refractivity contribution in [1.29, 1.82) is 0 Å². The van der Waals surface area contributed by atoms with Crippen molar-refractivity contribution in [2.75, 3.05) is 27.3 Å². The first-order valence-electron chi connectivity index (χ1n) is 8.22. The zero-order valence-corrected chi connectivity index (χ0v) is 15.2. The summed E-state index contributed by atoms with van der Waals surface area (Å²) in [6.07, 6.45) is 0.977. The molecule has 23 heavy (non-hydrogen) atoms. The van der Waals surface area contributed by atoms with Crippen LogP contribution in [0.5, 0.6) is 11.5 Å². The highest BCUT2D eigenvalue weighted by Gasteiger charge is 2.31. The second-order valence-electron chi connectivity index (χ2n) is 7.49. The number of ether oxygens (including phenoxy) is 2. The molecule has 0 N–H and O–H groups in total. The van der Waals surface area contributed by atoms with Crippen molar-refractivity contribution >= 4 is 5.78 Å². The molecule has 1 atom stereocenters. The van der Waals surface area contributed by atoms with E-state index in [-0.39, 0.29) is 17.1 Å². The Labute approximate surface area is 139 Å². The number of carbonyl (C=O) groups excluding carboxylic acids is 1. The highest BCUT2D eigenvalue weighted by atomic mass is 16.5. The maximum Gasteiger partial charge on any atom is 0.161 e. The zero-order chi connectivity index (χ0) is 17.2. The minimum absolute atomic E-state index is 0.0102. The Morgan fingerprint density at radius 3 is 2.22 bits per heavy atom. The van der Waals surface area contributed by atoms with Crippen LogP contribution >= 0.6 is 0 Å². The number of methoxy groups -OCH3 is 2. The number of fused-ring (bicyclic) bond motifs is 1. The van der Waals surface area contributed by atoms with Gasteiger partial charge in [0.15, 0.2) is 11.5 Å². The quantitative estimate of drug-likeness (QED) is 0.834. The van der Waals surface area contributed by atoms with Gasteiger partial charge in [0, 0.05) is 25.6 Å². The van der Waals surface area contributed by atoms with E-state index in [0.29, 0.717) is 0 Å². The van der Waals surface area contributed by atoms with Crippen molar-refractivity contribution < 1.29 is 14.3 Å². The molecule has 0 aliphatic carbocycles. The smallest absolute Gasteiger partial charge is 0.161 e. The summed E-state index contributed by atoms with van der Waals surface area (Å²) in [6.45, 7) is 10.8. The molecular formula is C19H29NO3. The van der Waals surface area contributed by atoms with Crippen molar-refractivity contribution in [1.82, 2.24) is 4.90 Å². The van der Waals surface area contributed by atoms with Crippen molar-refractivity contribution in [3.8, 4) is 11.5 Å². The van der Waals surface area contributed by atoms with Gasteiger partial charge in [-0.3, -0.25) is 9.69 Å². The van der Waals surface area contributed by atoms with Gasteiger partial charge in [-0.25, -0.2) is 0 Å². The molecule has 0 spiro atoms. The lowest BCUT2D eigenvalue weighted by molar-refractivity contribution is -0.124. The molecule has 1 aromatic rings. The number of hydrogen-bond donors (Lipinski definition) is 0. The summed E-state index contributed by atoms with van der Waals surface area (Å²) in [4.78, 5) is 14.4. The van der Waals surface area contributed by atoms with Gasteiger partial charge in [0.05, 0.1) is 14.2 Å². The Morgan fingerprint density at radius 1 is 1.17 bits per heavy atom. The number of rotatable bonds is 5. The molecule has 0 saturated carbocycles. The first-order chi connectivity index (χ1) is 10.8. The normalized spacial score (nSPS) is 16.6. The molecule has 0 saturated heterocycles. The predicted molar refractivity (Wildman–Crippen MR) is 92.2 cm³/mol. The molecule has 1 unspecified atom stereocenters. The van der Waals surface area contributed by atoms with Crippen LogP contribution in [0.2, 0.25) is 0 Å². The maximum absolute atomic E-state index is 12.0. The monoisotopic (exact) mass is 319 g/mol. The van der Waals surface area contributed by atoms with Crippen molar-refractivity contribution in [3.05, 3.63) is 23.3 Å². The van der Waals surface area contributed by atoms with E-state index in [1.54, 1.807) is 21.1 Å². The van der Waals surface area contributed by atoms with E-state index < -0.39 is 0 Å². The van der Waals surface area contributed by atoms with Gasteiger partial charge in [-0.1, -0.05) is 20.8 Å². The van der Waals surface area contributed by atoms with Crippen LogP contribution in [-0.4, -0.2) is 38.0 Å². The number of hydrogen-bond acceptors (Lipinski definition) is 4. The van der Waals surface area contributed by atoms with Gasteiger partial charge in [0.2, 0.25) is 0 Å². The molecule has 0 amide bonds. The van der Waals surface area contributed by atoms with Crippen LogP contribution in [0.1, 0.15) is 38.8 Å². The number of ketones is 1. The van der Waals surface area contributed by atoms with Gasteiger partial charge < -0.3 is 9.47 Å². The third kappa shape index (κ3) is 4.05. The lowest BCUT2D eigenvalue weighted by Crippen LogP contribution is -2.41. The summed E-state index contributed by atoms with van der Waals surface area (Å²) >= 11 is 0. The number of nitrogens with zero attached hydrogens (tertiary/aromatic N) is 1. The third-order valence-corrected chi connectivity index (χ3v) is 4.77. The largest absolute Gasteiger partial charge is 0.493 e. The summed E-state index contributed by atoms with van der Waals surface area (Å²) in [7, 11) is 3.33. The Morgan fingerprint density at radius 2 is 1.74 bits per heavy atom. The zero-order valence-electron chi connectivity index (χ0n) is 15.2. The van der Waals surface area contributed by atoms with Gasteiger partial charge in [0.1, 0.15) is 5.78 Å². The molecule has 4 heteroatoms. The highest BCUT2D eigenvalue weighted by molar-refractivity contribution is 5.79. The summed E-state index contributed by atoms with van der Waals surface area (Å²) in [5, 5.41) is 0. The second kappa shape index (κ2) is 6.91. The summed E-state index contributed by atoms with van der Waals surface area (Å²) < 4.78 is 10.8. The molecule has 1 aliphatic rings. The van der Waals surface area contributed by atoms with Gasteiger partial charge in [-0.05, 0) is 42.0 Å². The fourth-order valence-corrected chi connectivity index (χ4v) is 3.37. The number of benzene rings is 1. The van der Waals surface area contributed by atoms with Crippen LogP contribution in [0, 0.1) is 11.3 Å². The standard InChI is InChI=1S/C19H29NO3/c1-13(21)16(19(2,3)4)12-20-8-7-14-9-17(22-5)18(23-6)10-15(14)11-20/h9-10,16H,7-8,11-12H2,1-6H3. The summed E-state index contributed by atoms with van der Waals surface area (Å²) in [5.74, 6) is 1.89. The van der Waals surface area contributed by atoms with Crippen LogP contribution in [0.25, 0.3) is 0 Å². The Kier molecular flexibility index (Phi) is 5.35. The molecule has 1 heterocycles. The lowest BCUT2D eigenvalue weighted by atomic mass is 9.78. The van der Waals surface area contributed by atoms with E-state index in [1.807, 2.05) is 0 Å². The predicted octanol–water partition coefficient (Wildman–Crippen LogP) is 3.31. The van der Waals surface area contributed by atoms with Crippen LogP contribution in [0.15, 0.2) is 12.1 Å². The van der Waals surface area contributed by atoms with Crippen LogP contribution in [0.3, 0.4) is 0 Å². The van der Waals surface area contributed by atoms with E-state index in [4.69, 9.17) is 9.47 Å². The molecule has 4 nitrogen and oxygen atoms in total. The Hall–Kier alpha value is -1.55. The lowest BCUT2D eigenvalue weighted by Gasteiger charge is -2.36. The Bertz CT molecular complexity index is 575. The fraction of sp³-hybridized carbons (Fsp3) is 0.632. The van der Waals surface area contributed by atoms with Gasteiger partial charge in [-0.15, -0.1) is 0 Å². The molecule has 0 aromatic heterocycles. The first-order valence-corrected chi connectivity index (χ1v) is 8.22. The van der Waals surface area contributed by atoms with Crippen LogP contribution in [0.4, 0.5) is 0 Å². The average Bonchev–Trinajstić information content (AvgIpc) is 2.49. The molecule has 0 fully saturated rings. The average molecular weight is 319 g/mol. The van der Waals surface area contributed by atoms with E-state index in [9.17, 15) is 4.79 Å². The fourth-order valence-electron chi connectivity index (χ4n) is 3.37. The van der Waals surface area contributed by atoms with Crippen LogP contribution < -0.4 is 9.47 Å². The topological polar surface area (TPSA) is 38.8 Å². The van der Waals surface area contributed by atoms with Gasteiger partial charge >= 0.3 is 0 Å². The van der Waals surface area contributed by atoms with E-state index in [0.717, 1.165) is 37.6 Å². The SMILES string of the molecule is COc1cc2c(cc1OC)CN(CC(C(C)=O)C(C)(C)C)CC2. The summed E-state index contributed by atoms with van der Waals surface area (Å²) in [5.41, 5.74) is 2.57. The van der Waals surface area contributed by atoms with E-state index in [2.05, 4.69) is 37.8 Å². The number of Topliss-reactive ketones (excluding diaryl/α,β-unsaturated/α-hetero) is 1. The molecule has 0 radical (unpaired) electrons. The van der Waals surface area contributed by atoms with E-state index in [1.165, 1.54) is 11.1 Å². The van der Waals surface area contributed by atoms with Crippen molar-refractivity contribution in [2.45, 2.75) is 40.7 Å². The minimum atomic E-state index is -0.0102. The highest BCUT2D eigenvalue weighted by Crippen LogP contribution is 2.34. The van der Waals surface area contributed by atoms with Gasteiger partial charge in [0.25, 0.3) is 0 Å². The third-order valence-electron chi connectivity index (χ3n) is 4.77. The van der Waals surface area contributed by atoms with Crippen LogP contribution in [-0.2, 0) is 17.8 Å². The molecular weight excluding hydrogens is 290 g/mol. The van der Waals surface area contributed by atoms with Gasteiger partial charge in [-0.2, -0.15) is 0 Å². The Balaban J connectivity index is 2.18. The molecule has 128 valence electrons. The van der Waals surface area contributed by atoms with Crippen molar-refractivity contribution in [3.63, 3.8) is 0 Å². The summed E-state index contributed by atoms with van der Waals surface area (Å²) in [6, 6.07) is 4.15. The van der Waals surface area contributed by atoms with E-state index >= 15 is 0 Å². The molecule has 0 bridgehead atoms. The molecule has 1 aromatic carbocycles. The first kappa shape index (κ1) is 17.8. The molecule has 1 aliphatic heterocycles. The molecule has 2 rings (SSSR count). The minimum Gasteiger partial charge on any atom is -0.493 e. The second-order valence-corrected chi connectivity index (χ2v) is 7.49. The van der Waals surface area contributed by atoms with Crippen molar-refractivity contribution in [2.24, 2.45) is 11.3 Å². The number of carbonyl (C=O) groups is 1.